The molecule has 0 saturated carbocycles. The van der Waals surface area contributed by atoms with Gasteiger partial charge in [0.05, 0.1) is 17.2 Å². The molecule has 4 heteroatoms. The molecule has 0 bridgehead atoms. The van der Waals surface area contributed by atoms with E-state index in [1.807, 2.05) is 17.0 Å². The molecule has 82 valence electrons. The number of fused-ring (bicyclic) bond motifs is 1. The first kappa shape index (κ1) is 9.81. The number of nitrogens with zero attached hydrogens (tertiary/aromatic N) is 1. The molecule has 16 heavy (non-hydrogen) atoms. The van der Waals surface area contributed by atoms with Crippen molar-refractivity contribution in [3.8, 4) is 5.75 Å². The average Bonchev–Trinajstić information content (AvgIpc) is 2.82. The van der Waals surface area contributed by atoms with Crippen molar-refractivity contribution >= 4 is 11.3 Å². The molecule has 1 aliphatic heterocycles. The Morgan fingerprint density at radius 1 is 1.44 bits per heavy atom. The Balaban J connectivity index is 2.12. The second kappa shape index (κ2) is 3.88. The van der Waals surface area contributed by atoms with Gasteiger partial charge in [0.1, 0.15) is 5.75 Å². The van der Waals surface area contributed by atoms with Crippen LogP contribution in [0.5, 0.6) is 5.75 Å². The standard InChI is InChI=1S/C12H12N2OS/c15-10-3-1-2-8-4-5-13-12(11(8)10)9-6-16-7-14-9/h1-3,6-7,12-13,15H,4-5H2. The zero-order chi connectivity index (χ0) is 11.0. The number of phenols is 1. The van der Waals surface area contributed by atoms with E-state index in [2.05, 4.69) is 16.4 Å². The van der Waals surface area contributed by atoms with E-state index in [1.165, 1.54) is 5.56 Å². The summed E-state index contributed by atoms with van der Waals surface area (Å²) in [5, 5.41) is 15.4. The number of thiazole rings is 1. The fraction of sp³-hybridized carbons (Fsp3) is 0.250. The number of aromatic nitrogens is 1. The summed E-state index contributed by atoms with van der Waals surface area (Å²) in [5.74, 6) is 0.364. The van der Waals surface area contributed by atoms with E-state index < -0.39 is 0 Å². The summed E-state index contributed by atoms with van der Waals surface area (Å²) in [4.78, 5) is 4.32. The highest BCUT2D eigenvalue weighted by Crippen LogP contribution is 2.34. The van der Waals surface area contributed by atoms with Gasteiger partial charge >= 0.3 is 0 Å². The van der Waals surface area contributed by atoms with Gasteiger partial charge in [-0.15, -0.1) is 11.3 Å². The van der Waals surface area contributed by atoms with Crippen molar-refractivity contribution in [2.75, 3.05) is 6.54 Å². The van der Waals surface area contributed by atoms with Crippen molar-refractivity contribution in [1.29, 1.82) is 0 Å². The monoisotopic (exact) mass is 232 g/mol. The second-order valence-corrected chi connectivity index (χ2v) is 4.62. The van der Waals surface area contributed by atoms with Crippen molar-refractivity contribution in [2.45, 2.75) is 12.5 Å². The minimum atomic E-state index is 0.0381. The summed E-state index contributed by atoms with van der Waals surface area (Å²) >= 11 is 1.58. The summed E-state index contributed by atoms with van der Waals surface area (Å²) in [6, 6.07) is 5.76. The summed E-state index contributed by atoms with van der Waals surface area (Å²) in [6.45, 7) is 0.929. The Morgan fingerprint density at radius 3 is 3.19 bits per heavy atom. The second-order valence-electron chi connectivity index (χ2n) is 3.90. The molecule has 2 aromatic rings. The van der Waals surface area contributed by atoms with E-state index in [0.29, 0.717) is 5.75 Å². The first-order chi connectivity index (χ1) is 7.86. The molecule has 0 radical (unpaired) electrons. The Bertz CT molecular complexity index is 496. The summed E-state index contributed by atoms with van der Waals surface area (Å²) in [5.41, 5.74) is 5.02. The van der Waals surface area contributed by atoms with Crippen LogP contribution in [0.1, 0.15) is 22.9 Å². The predicted octanol–water partition coefficient (Wildman–Crippen LogP) is 2.08. The first-order valence-electron chi connectivity index (χ1n) is 5.28. The normalized spacial score (nSPS) is 19.4. The van der Waals surface area contributed by atoms with Gasteiger partial charge in [-0.2, -0.15) is 0 Å². The van der Waals surface area contributed by atoms with Crippen LogP contribution in [0, 0.1) is 0 Å². The lowest BCUT2D eigenvalue weighted by molar-refractivity contribution is 0.447. The molecule has 3 rings (SSSR count). The molecular formula is C12H12N2OS. The Hall–Kier alpha value is -1.39. The van der Waals surface area contributed by atoms with Crippen LogP contribution in [-0.2, 0) is 6.42 Å². The van der Waals surface area contributed by atoms with Crippen LogP contribution in [0.3, 0.4) is 0 Å². The van der Waals surface area contributed by atoms with Crippen molar-refractivity contribution < 1.29 is 5.11 Å². The van der Waals surface area contributed by atoms with Gasteiger partial charge in [0.2, 0.25) is 0 Å². The molecule has 0 fully saturated rings. The predicted molar refractivity (Wildman–Crippen MR) is 63.8 cm³/mol. The maximum Gasteiger partial charge on any atom is 0.121 e. The largest absolute Gasteiger partial charge is 0.508 e. The minimum Gasteiger partial charge on any atom is -0.508 e. The highest BCUT2D eigenvalue weighted by molar-refractivity contribution is 7.07. The number of benzene rings is 1. The summed E-state index contributed by atoms with van der Waals surface area (Å²) in [6.07, 6.45) is 0.963. The smallest absolute Gasteiger partial charge is 0.121 e. The highest BCUT2D eigenvalue weighted by Gasteiger charge is 2.25. The van der Waals surface area contributed by atoms with E-state index in [0.717, 1.165) is 24.2 Å². The SMILES string of the molecule is Oc1cccc2c1C(c1cscn1)NCC2. The molecule has 0 aliphatic carbocycles. The quantitative estimate of drug-likeness (QED) is 0.791. The lowest BCUT2D eigenvalue weighted by atomic mass is 9.92. The third kappa shape index (κ3) is 1.50. The zero-order valence-electron chi connectivity index (χ0n) is 8.68. The molecule has 0 saturated heterocycles. The molecule has 1 atom stereocenters. The van der Waals surface area contributed by atoms with Gasteiger partial charge in [-0.3, -0.25) is 0 Å². The van der Waals surface area contributed by atoms with E-state index in [-0.39, 0.29) is 6.04 Å². The molecule has 1 aliphatic rings. The van der Waals surface area contributed by atoms with Crippen LogP contribution >= 0.6 is 11.3 Å². The number of rotatable bonds is 1. The number of phenolic OH excluding ortho intramolecular Hbond substituents is 1. The van der Waals surface area contributed by atoms with E-state index in [9.17, 15) is 5.11 Å². The molecule has 3 nitrogen and oxygen atoms in total. The molecule has 0 spiro atoms. The van der Waals surface area contributed by atoms with Crippen LogP contribution in [0.2, 0.25) is 0 Å². The molecule has 1 aromatic carbocycles. The lowest BCUT2D eigenvalue weighted by Crippen LogP contribution is -2.30. The molecular weight excluding hydrogens is 220 g/mol. The fourth-order valence-electron chi connectivity index (χ4n) is 2.22. The fourth-order valence-corrected chi connectivity index (χ4v) is 2.80. The van der Waals surface area contributed by atoms with Crippen LogP contribution in [0.15, 0.2) is 29.1 Å². The highest BCUT2D eigenvalue weighted by atomic mass is 32.1. The van der Waals surface area contributed by atoms with Crippen LogP contribution in [0.25, 0.3) is 0 Å². The van der Waals surface area contributed by atoms with Crippen molar-refractivity contribution in [2.24, 2.45) is 0 Å². The van der Waals surface area contributed by atoms with Crippen molar-refractivity contribution in [3.05, 3.63) is 45.9 Å². The third-order valence-corrected chi connectivity index (χ3v) is 3.56. The Labute approximate surface area is 97.8 Å². The van der Waals surface area contributed by atoms with Gasteiger partial charge in [-0.1, -0.05) is 12.1 Å². The number of hydrogen-bond acceptors (Lipinski definition) is 4. The molecule has 0 amide bonds. The number of aromatic hydroxyl groups is 1. The van der Waals surface area contributed by atoms with Gasteiger partial charge in [-0.05, 0) is 18.1 Å². The zero-order valence-corrected chi connectivity index (χ0v) is 9.50. The maximum atomic E-state index is 9.96. The maximum absolute atomic E-state index is 9.96. The minimum absolute atomic E-state index is 0.0381. The van der Waals surface area contributed by atoms with E-state index in [4.69, 9.17) is 0 Å². The van der Waals surface area contributed by atoms with E-state index in [1.54, 1.807) is 17.4 Å². The first-order valence-corrected chi connectivity index (χ1v) is 6.23. The van der Waals surface area contributed by atoms with Crippen molar-refractivity contribution in [1.82, 2.24) is 10.3 Å². The lowest BCUT2D eigenvalue weighted by Gasteiger charge is -2.26. The summed E-state index contributed by atoms with van der Waals surface area (Å²) in [7, 11) is 0. The third-order valence-electron chi connectivity index (χ3n) is 2.95. The number of hydrogen-bond donors (Lipinski definition) is 2. The molecule has 1 aromatic heterocycles. The molecule has 2 N–H and O–H groups in total. The molecule has 1 unspecified atom stereocenters. The van der Waals surface area contributed by atoms with Gasteiger partial charge < -0.3 is 10.4 Å². The van der Waals surface area contributed by atoms with Crippen LogP contribution in [0.4, 0.5) is 0 Å². The van der Waals surface area contributed by atoms with Gasteiger partial charge in [0.25, 0.3) is 0 Å². The van der Waals surface area contributed by atoms with Crippen LogP contribution in [-0.4, -0.2) is 16.6 Å². The average molecular weight is 232 g/mol. The van der Waals surface area contributed by atoms with Gasteiger partial charge in [0.15, 0.2) is 0 Å². The summed E-state index contributed by atoms with van der Waals surface area (Å²) < 4.78 is 0. The van der Waals surface area contributed by atoms with Gasteiger partial charge in [0, 0.05) is 17.5 Å². The van der Waals surface area contributed by atoms with Crippen molar-refractivity contribution in [3.63, 3.8) is 0 Å². The number of nitrogens with one attached hydrogen (secondary N) is 1. The topological polar surface area (TPSA) is 45.2 Å². The Morgan fingerprint density at radius 2 is 2.38 bits per heavy atom. The molecule has 2 heterocycles. The van der Waals surface area contributed by atoms with Gasteiger partial charge in [-0.25, -0.2) is 4.98 Å². The van der Waals surface area contributed by atoms with Crippen LogP contribution < -0.4 is 5.32 Å². The Kier molecular flexibility index (Phi) is 2.38. The van der Waals surface area contributed by atoms with E-state index >= 15 is 0 Å².